The number of aromatic hydroxyl groups is 1. The molecule has 1 aliphatic heterocycles. The van der Waals surface area contributed by atoms with Crippen molar-refractivity contribution in [3.63, 3.8) is 0 Å². The van der Waals surface area contributed by atoms with Gasteiger partial charge in [0.25, 0.3) is 10.0 Å². The van der Waals surface area contributed by atoms with Crippen molar-refractivity contribution in [1.82, 2.24) is 9.03 Å². The summed E-state index contributed by atoms with van der Waals surface area (Å²) >= 11 is -0.702. The van der Waals surface area contributed by atoms with Crippen LogP contribution < -0.4 is 10.0 Å². The Balaban J connectivity index is 2.37. The molecule has 0 saturated heterocycles. The molecule has 2 rings (SSSR count). The van der Waals surface area contributed by atoms with Crippen molar-refractivity contribution in [2.45, 2.75) is 24.3 Å². The molecule has 2 atom stereocenters. The molecule has 3 N–H and O–H groups in total. The van der Waals surface area contributed by atoms with Crippen molar-refractivity contribution in [2.24, 2.45) is 4.40 Å². The van der Waals surface area contributed by atoms with Gasteiger partial charge in [0, 0.05) is 25.6 Å². The lowest BCUT2D eigenvalue weighted by Gasteiger charge is -2.14. The first-order chi connectivity index (χ1) is 10.7. The number of anilines is 1. The van der Waals surface area contributed by atoms with Gasteiger partial charge in [0.15, 0.2) is 22.0 Å². The molecule has 1 aromatic rings. The van der Waals surface area contributed by atoms with Gasteiger partial charge in [0.05, 0.1) is 5.69 Å². The second-order valence-corrected chi connectivity index (χ2v) is 9.25. The molecule has 0 spiro atoms. The van der Waals surface area contributed by atoms with E-state index >= 15 is 0 Å². The minimum Gasteiger partial charge on any atom is -0.504 e. The molecule has 0 radical (unpaired) electrons. The SMILES string of the molecule is CCOC1NS(=O)N=C1Nc1c(C)sc(S(=O)(=O)N(C)C)c1O. The van der Waals surface area contributed by atoms with Gasteiger partial charge in [-0.05, 0) is 13.8 Å². The molecule has 1 aromatic heterocycles. The maximum atomic E-state index is 12.2. The van der Waals surface area contributed by atoms with E-state index in [1.807, 2.05) is 0 Å². The molecule has 9 nitrogen and oxygen atoms in total. The van der Waals surface area contributed by atoms with E-state index in [-0.39, 0.29) is 15.7 Å². The number of amidine groups is 1. The van der Waals surface area contributed by atoms with Crippen LogP contribution in [0.5, 0.6) is 5.75 Å². The minimum atomic E-state index is -3.76. The first-order valence-corrected chi connectivity index (χ1v) is 9.95. The van der Waals surface area contributed by atoms with Crippen molar-refractivity contribution in [2.75, 3.05) is 26.0 Å². The van der Waals surface area contributed by atoms with Gasteiger partial charge in [0.1, 0.15) is 0 Å². The standard InChI is InChI=1S/C11H18N4O5S3/c1-5-20-10-9(13-22(17)14-10)12-7-6(2)21-11(8(7)16)23(18,19)15(3)4/h10,14,16H,5H2,1-4H3,(H,12,13). The van der Waals surface area contributed by atoms with E-state index in [9.17, 15) is 17.7 Å². The highest BCUT2D eigenvalue weighted by atomic mass is 32.2. The quantitative estimate of drug-likeness (QED) is 0.677. The number of aryl methyl sites for hydroxylation is 1. The van der Waals surface area contributed by atoms with E-state index in [1.54, 1.807) is 13.8 Å². The normalized spacial score (nSPS) is 21.7. The lowest BCUT2D eigenvalue weighted by atomic mass is 10.3. The number of nitrogens with one attached hydrogen (secondary N) is 2. The number of ether oxygens (including phenoxy) is 1. The van der Waals surface area contributed by atoms with Crippen LogP contribution in [0.2, 0.25) is 0 Å². The maximum absolute atomic E-state index is 12.2. The number of rotatable bonds is 5. The lowest BCUT2D eigenvalue weighted by Crippen LogP contribution is -2.37. The second-order valence-electron chi connectivity index (χ2n) is 4.76. The van der Waals surface area contributed by atoms with Gasteiger partial charge in [0.2, 0.25) is 11.2 Å². The van der Waals surface area contributed by atoms with E-state index in [0.717, 1.165) is 15.6 Å². The Morgan fingerprint density at radius 3 is 2.74 bits per heavy atom. The fourth-order valence-electron chi connectivity index (χ4n) is 1.80. The Morgan fingerprint density at radius 1 is 1.52 bits per heavy atom. The smallest absolute Gasteiger partial charge is 0.255 e. The van der Waals surface area contributed by atoms with Gasteiger partial charge in [-0.15, -0.1) is 11.3 Å². The summed E-state index contributed by atoms with van der Waals surface area (Å²) in [5, 5.41) is 13.1. The molecular formula is C11H18N4O5S3. The van der Waals surface area contributed by atoms with Gasteiger partial charge in [-0.1, -0.05) is 0 Å². The van der Waals surface area contributed by atoms with E-state index in [4.69, 9.17) is 4.74 Å². The number of thiophene rings is 1. The third kappa shape index (κ3) is 3.56. The van der Waals surface area contributed by atoms with Crippen LogP contribution in [0.15, 0.2) is 8.61 Å². The summed E-state index contributed by atoms with van der Waals surface area (Å²) in [6.07, 6.45) is -0.714. The first kappa shape index (κ1) is 18.3. The fourth-order valence-corrected chi connectivity index (χ4v) is 5.19. The van der Waals surface area contributed by atoms with Gasteiger partial charge in [-0.25, -0.2) is 16.9 Å². The summed E-state index contributed by atoms with van der Waals surface area (Å²) in [7, 11) is -0.992. The summed E-state index contributed by atoms with van der Waals surface area (Å²) in [6, 6.07) is 0. The van der Waals surface area contributed by atoms with Crippen LogP contribution >= 0.6 is 11.3 Å². The average Bonchev–Trinajstić information content (AvgIpc) is 2.94. The summed E-state index contributed by atoms with van der Waals surface area (Å²) in [4.78, 5) is 0.554. The maximum Gasteiger partial charge on any atom is 0.255 e. The summed E-state index contributed by atoms with van der Waals surface area (Å²) in [5.41, 5.74) is 0.208. The van der Waals surface area contributed by atoms with Crippen LogP contribution in [0, 0.1) is 6.92 Å². The summed E-state index contributed by atoms with van der Waals surface area (Å²) < 4.78 is 48.5. The van der Waals surface area contributed by atoms with Gasteiger partial charge >= 0.3 is 0 Å². The minimum absolute atomic E-state index is 0.164. The van der Waals surface area contributed by atoms with Crippen molar-refractivity contribution >= 4 is 44.1 Å². The molecule has 1 aliphatic rings. The van der Waals surface area contributed by atoms with Crippen molar-refractivity contribution in [3.05, 3.63) is 4.88 Å². The average molecular weight is 382 g/mol. The summed E-state index contributed by atoms with van der Waals surface area (Å²) in [5.74, 6) is -0.174. The van der Waals surface area contributed by atoms with E-state index in [1.165, 1.54) is 14.1 Å². The van der Waals surface area contributed by atoms with Crippen molar-refractivity contribution < 1.29 is 22.5 Å². The molecule has 0 fully saturated rings. The zero-order valence-electron chi connectivity index (χ0n) is 13.0. The highest BCUT2D eigenvalue weighted by molar-refractivity contribution is 7.91. The molecule has 0 saturated carbocycles. The van der Waals surface area contributed by atoms with Crippen LogP contribution in [-0.2, 0) is 25.9 Å². The van der Waals surface area contributed by atoms with Crippen LogP contribution in [0.25, 0.3) is 0 Å². The van der Waals surface area contributed by atoms with E-state index in [0.29, 0.717) is 11.5 Å². The Morgan fingerprint density at radius 2 is 2.17 bits per heavy atom. The molecule has 23 heavy (non-hydrogen) atoms. The largest absolute Gasteiger partial charge is 0.504 e. The van der Waals surface area contributed by atoms with Crippen molar-refractivity contribution in [1.29, 1.82) is 0 Å². The van der Waals surface area contributed by atoms with E-state index < -0.39 is 33.2 Å². The molecule has 0 aromatic carbocycles. The number of hydrogen-bond donors (Lipinski definition) is 3. The number of sulfonamides is 1. The monoisotopic (exact) mass is 382 g/mol. The van der Waals surface area contributed by atoms with E-state index in [2.05, 4.69) is 14.4 Å². The van der Waals surface area contributed by atoms with Crippen LogP contribution in [0.3, 0.4) is 0 Å². The highest BCUT2D eigenvalue weighted by Gasteiger charge is 2.31. The Hall–Kier alpha value is -1.05. The summed E-state index contributed by atoms with van der Waals surface area (Å²) in [6.45, 7) is 3.80. The molecule has 2 heterocycles. The topological polar surface area (TPSA) is 120 Å². The van der Waals surface area contributed by atoms with Gasteiger partial charge in [-0.2, -0.15) is 9.12 Å². The van der Waals surface area contributed by atoms with Gasteiger partial charge in [-0.3, -0.25) is 0 Å². The molecule has 0 amide bonds. The van der Waals surface area contributed by atoms with Gasteiger partial charge < -0.3 is 15.2 Å². The Kier molecular flexibility index (Phi) is 5.43. The lowest BCUT2D eigenvalue weighted by molar-refractivity contribution is 0.106. The predicted molar refractivity (Wildman–Crippen MR) is 89.3 cm³/mol. The zero-order valence-corrected chi connectivity index (χ0v) is 15.4. The molecule has 0 aliphatic carbocycles. The Bertz CT molecular complexity index is 756. The third-order valence-electron chi connectivity index (χ3n) is 2.97. The zero-order chi connectivity index (χ0) is 17.4. The molecule has 130 valence electrons. The fraction of sp³-hybridized carbons (Fsp3) is 0.545. The second kappa shape index (κ2) is 6.83. The van der Waals surface area contributed by atoms with Crippen LogP contribution in [-0.4, -0.2) is 54.8 Å². The molecular weight excluding hydrogens is 364 g/mol. The highest BCUT2D eigenvalue weighted by Crippen LogP contribution is 2.42. The van der Waals surface area contributed by atoms with Crippen LogP contribution in [0.4, 0.5) is 5.69 Å². The molecule has 12 heteroatoms. The predicted octanol–water partition coefficient (Wildman–Crippen LogP) is 0.367. The number of nitrogens with zero attached hydrogens (tertiary/aromatic N) is 2. The molecule has 0 bridgehead atoms. The van der Waals surface area contributed by atoms with Crippen molar-refractivity contribution in [3.8, 4) is 5.75 Å². The first-order valence-electron chi connectivity index (χ1n) is 6.58. The third-order valence-corrected chi connectivity index (χ3v) is 7.14. The Labute approximate surface area is 141 Å². The van der Waals surface area contributed by atoms with Crippen LogP contribution in [0.1, 0.15) is 11.8 Å². The molecule has 2 unspecified atom stereocenters. The number of hydrogen-bond acceptors (Lipinski definition) is 7.